The van der Waals surface area contributed by atoms with Crippen LogP contribution >= 0.6 is 24.0 Å². The third kappa shape index (κ3) is 4.67. The number of nitrogens with zero attached hydrogens (tertiary/aromatic N) is 4. The van der Waals surface area contributed by atoms with E-state index in [1.165, 1.54) is 5.56 Å². The van der Waals surface area contributed by atoms with Crippen molar-refractivity contribution in [2.24, 2.45) is 10.7 Å². The van der Waals surface area contributed by atoms with Crippen LogP contribution in [0, 0.1) is 6.92 Å². The van der Waals surface area contributed by atoms with E-state index in [1.807, 2.05) is 60.0 Å². The number of hydrogen-bond acceptors (Lipinski definition) is 3. The first kappa shape index (κ1) is 18.2. The molecule has 2 heterocycles. The normalized spacial score (nSPS) is 11.3. The maximum Gasteiger partial charge on any atom is 0.193 e. The fourth-order valence-electron chi connectivity index (χ4n) is 2.41. The minimum atomic E-state index is 0. The Balaban J connectivity index is 0.00000208. The van der Waals surface area contributed by atoms with E-state index in [4.69, 9.17) is 5.73 Å². The maximum absolute atomic E-state index is 5.91. The SMILES string of the molecule is Cc1cccc(NC(N)=NCCCc2nnc3ccccn23)c1.I. The van der Waals surface area contributed by atoms with Gasteiger partial charge in [0.1, 0.15) is 5.82 Å². The van der Waals surface area contributed by atoms with Gasteiger partial charge in [0.05, 0.1) is 0 Å². The largest absolute Gasteiger partial charge is 0.370 e. The lowest BCUT2D eigenvalue weighted by molar-refractivity contribution is 0.770. The highest BCUT2D eigenvalue weighted by molar-refractivity contribution is 14.0. The van der Waals surface area contributed by atoms with Crippen molar-refractivity contribution in [2.75, 3.05) is 11.9 Å². The Bertz CT molecular complexity index is 827. The van der Waals surface area contributed by atoms with E-state index in [0.717, 1.165) is 30.0 Å². The highest BCUT2D eigenvalue weighted by Gasteiger charge is 2.03. The van der Waals surface area contributed by atoms with Gasteiger partial charge in [-0.1, -0.05) is 18.2 Å². The average Bonchev–Trinajstić information content (AvgIpc) is 2.95. The number of fused-ring (bicyclic) bond motifs is 1. The van der Waals surface area contributed by atoms with Crippen LogP contribution in [0.2, 0.25) is 0 Å². The van der Waals surface area contributed by atoms with E-state index in [1.54, 1.807) is 0 Å². The molecule has 0 amide bonds. The van der Waals surface area contributed by atoms with E-state index < -0.39 is 0 Å². The number of aryl methyl sites for hydroxylation is 2. The minimum Gasteiger partial charge on any atom is -0.370 e. The molecule has 7 heteroatoms. The van der Waals surface area contributed by atoms with Gasteiger partial charge in [-0.15, -0.1) is 34.2 Å². The van der Waals surface area contributed by atoms with Crippen LogP contribution in [-0.4, -0.2) is 27.1 Å². The van der Waals surface area contributed by atoms with Crippen molar-refractivity contribution in [2.45, 2.75) is 19.8 Å². The molecular formula is C17H21IN6. The molecule has 0 saturated carbocycles. The van der Waals surface area contributed by atoms with E-state index in [2.05, 4.69) is 20.5 Å². The summed E-state index contributed by atoms with van der Waals surface area (Å²) in [6.07, 6.45) is 3.65. The number of hydrogen-bond donors (Lipinski definition) is 2. The Morgan fingerprint density at radius 1 is 1.21 bits per heavy atom. The van der Waals surface area contributed by atoms with Crippen LogP contribution in [0.4, 0.5) is 5.69 Å². The highest BCUT2D eigenvalue weighted by Crippen LogP contribution is 2.09. The third-order valence-corrected chi connectivity index (χ3v) is 3.52. The van der Waals surface area contributed by atoms with E-state index in [-0.39, 0.29) is 24.0 Å². The summed E-state index contributed by atoms with van der Waals surface area (Å²) in [6, 6.07) is 13.9. The highest BCUT2D eigenvalue weighted by atomic mass is 127. The zero-order chi connectivity index (χ0) is 16.1. The van der Waals surface area contributed by atoms with Crippen molar-refractivity contribution in [3.05, 3.63) is 60.0 Å². The molecule has 126 valence electrons. The fraction of sp³-hybridized carbons (Fsp3) is 0.235. The Hall–Kier alpha value is -2.16. The summed E-state index contributed by atoms with van der Waals surface area (Å²) in [4.78, 5) is 4.35. The molecule has 0 atom stereocenters. The molecule has 0 unspecified atom stereocenters. The van der Waals surface area contributed by atoms with Crippen molar-refractivity contribution < 1.29 is 0 Å². The molecule has 3 aromatic rings. The molecule has 0 aliphatic heterocycles. The second kappa shape index (κ2) is 8.62. The monoisotopic (exact) mass is 436 g/mol. The molecule has 2 aromatic heterocycles. The molecule has 6 nitrogen and oxygen atoms in total. The standard InChI is InChI=1S/C17H20N6.HI/c1-13-6-4-7-14(12-13)20-17(18)19-10-5-9-16-22-21-15-8-2-3-11-23(15)16;/h2-4,6-8,11-12H,5,9-10H2,1H3,(H3,18,19,20);1H. The number of nitrogens with two attached hydrogens (primary N) is 1. The summed E-state index contributed by atoms with van der Waals surface area (Å²) in [5, 5.41) is 11.4. The van der Waals surface area contributed by atoms with Crippen LogP contribution in [0.15, 0.2) is 53.7 Å². The number of anilines is 1. The predicted octanol–water partition coefficient (Wildman–Crippen LogP) is 3.02. The molecule has 0 aliphatic carbocycles. The van der Waals surface area contributed by atoms with Crippen LogP contribution < -0.4 is 11.1 Å². The molecule has 0 fully saturated rings. The topological polar surface area (TPSA) is 80.6 Å². The van der Waals surface area contributed by atoms with E-state index in [0.29, 0.717) is 12.5 Å². The number of halogens is 1. The molecule has 3 N–H and O–H groups in total. The number of aromatic nitrogens is 3. The fourth-order valence-corrected chi connectivity index (χ4v) is 2.41. The van der Waals surface area contributed by atoms with Crippen molar-refractivity contribution in [3.63, 3.8) is 0 Å². The number of rotatable bonds is 5. The number of benzene rings is 1. The molecule has 0 radical (unpaired) electrons. The second-order valence-corrected chi connectivity index (χ2v) is 5.41. The van der Waals surface area contributed by atoms with Crippen molar-refractivity contribution in [1.82, 2.24) is 14.6 Å². The van der Waals surface area contributed by atoms with Crippen molar-refractivity contribution in [3.8, 4) is 0 Å². The van der Waals surface area contributed by atoms with Gasteiger partial charge in [0.2, 0.25) is 0 Å². The van der Waals surface area contributed by atoms with Crippen LogP contribution in [0.5, 0.6) is 0 Å². The van der Waals surface area contributed by atoms with Gasteiger partial charge in [-0.2, -0.15) is 0 Å². The van der Waals surface area contributed by atoms with Gasteiger partial charge >= 0.3 is 0 Å². The zero-order valence-corrected chi connectivity index (χ0v) is 15.8. The molecule has 24 heavy (non-hydrogen) atoms. The molecule has 1 aromatic carbocycles. The van der Waals surface area contributed by atoms with Gasteiger partial charge in [-0.25, -0.2) is 0 Å². The van der Waals surface area contributed by atoms with E-state index in [9.17, 15) is 0 Å². The lowest BCUT2D eigenvalue weighted by atomic mass is 10.2. The summed E-state index contributed by atoms with van der Waals surface area (Å²) in [6.45, 7) is 2.69. The summed E-state index contributed by atoms with van der Waals surface area (Å²) >= 11 is 0. The first-order chi connectivity index (χ1) is 11.2. The van der Waals surface area contributed by atoms with Crippen molar-refractivity contribution >= 4 is 41.3 Å². The Kier molecular flexibility index (Phi) is 6.53. The summed E-state index contributed by atoms with van der Waals surface area (Å²) in [5.74, 6) is 1.38. The quantitative estimate of drug-likeness (QED) is 0.279. The molecule has 0 aliphatic rings. The van der Waals surface area contributed by atoms with Crippen LogP contribution in [0.1, 0.15) is 17.8 Å². The first-order valence-electron chi connectivity index (χ1n) is 7.64. The average molecular weight is 436 g/mol. The summed E-state index contributed by atoms with van der Waals surface area (Å²) in [5.41, 5.74) is 8.91. The lowest BCUT2D eigenvalue weighted by Crippen LogP contribution is -2.22. The number of guanidine groups is 1. The van der Waals surface area contributed by atoms with Gasteiger partial charge in [0.25, 0.3) is 0 Å². The molecule has 0 saturated heterocycles. The summed E-state index contributed by atoms with van der Waals surface area (Å²) < 4.78 is 2.00. The van der Waals surface area contributed by atoms with Crippen molar-refractivity contribution in [1.29, 1.82) is 0 Å². The number of pyridine rings is 1. The van der Waals surface area contributed by atoms with E-state index >= 15 is 0 Å². The Morgan fingerprint density at radius 2 is 2.08 bits per heavy atom. The minimum absolute atomic E-state index is 0. The van der Waals surface area contributed by atoms with Gasteiger partial charge in [-0.05, 0) is 43.2 Å². The Labute approximate surface area is 158 Å². The molecule has 0 spiro atoms. The van der Waals surface area contributed by atoms with Gasteiger partial charge in [-0.3, -0.25) is 9.39 Å². The first-order valence-corrected chi connectivity index (χ1v) is 7.64. The number of aliphatic imine (C=N–C) groups is 1. The molecule has 0 bridgehead atoms. The predicted molar refractivity (Wildman–Crippen MR) is 108 cm³/mol. The van der Waals surface area contributed by atoms with Gasteiger partial charge < -0.3 is 11.1 Å². The third-order valence-electron chi connectivity index (χ3n) is 3.52. The number of nitrogens with one attached hydrogen (secondary N) is 1. The zero-order valence-electron chi connectivity index (χ0n) is 13.5. The van der Waals surface area contributed by atoms with Crippen LogP contribution in [0.3, 0.4) is 0 Å². The van der Waals surface area contributed by atoms with Gasteiger partial charge in [0.15, 0.2) is 11.6 Å². The van der Waals surface area contributed by atoms with Crippen LogP contribution in [0.25, 0.3) is 5.65 Å². The molecule has 3 rings (SSSR count). The summed E-state index contributed by atoms with van der Waals surface area (Å²) in [7, 11) is 0. The smallest absolute Gasteiger partial charge is 0.193 e. The Morgan fingerprint density at radius 3 is 2.92 bits per heavy atom. The van der Waals surface area contributed by atoms with Crippen LogP contribution in [-0.2, 0) is 6.42 Å². The molecular weight excluding hydrogens is 415 g/mol. The maximum atomic E-state index is 5.91. The lowest BCUT2D eigenvalue weighted by Gasteiger charge is -2.06. The second-order valence-electron chi connectivity index (χ2n) is 5.41. The van der Waals surface area contributed by atoms with Gasteiger partial charge in [0, 0.05) is 24.8 Å².